The molecule has 0 amide bonds. The predicted molar refractivity (Wildman–Crippen MR) is 84.5 cm³/mol. The number of ether oxygens (including phenoxy) is 1. The van der Waals surface area contributed by atoms with Gasteiger partial charge in [0.15, 0.2) is 0 Å². The highest BCUT2D eigenvalue weighted by atomic mass is 16.5. The Labute approximate surface area is 122 Å². The molecule has 5 nitrogen and oxygen atoms in total. The minimum Gasteiger partial charge on any atom is -0.383 e. The van der Waals surface area contributed by atoms with Gasteiger partial charge < -0.3 is 15.0 Å². The van der Waals surface area contributed by atoms with Crippen LogP contribution >= 0.6 is 0 Å². The van der Waals surface area contributed by atoms with Crippen LogP contribution in [0.25, 0.3) is 0 Å². The lowest BCUT2D eigenvalue weighted by Crippen LogP contribution is -2.34. The summed E-state index contributed by atoms with van der Waals surface area (Å²) in [5.74, 6) is 2.79. The van der Waals surface area contributed by atoms with Crippen LogP contribution in [0, 0.1) is 0 Å². The SMILES string of the molecule is CCCc1nc(NCC)cc(N(CCOC)C(C)C)n1. The fourth-order valence-electron chi connectivity index (χ4n) is 2.06. The molecule has 0 saturated carbocycles. The molecule has 5 heteroatoms. The third-order valence-corrected chi connectivity index (χ3v) is 3.04. The minimum atomic E-state index is 0.379. The van der Waals surface area contributed by atoms with Crippen molar-refractivity contribution in [2.45, 2.75) is 46.6 Å². The zero-order valence-electron chi connectivity index (χ0n) is 13.4. The summed E-state index contributed by atoms with van der Waals surface area (Å²) < 4.78 is 5.20. The number of anilines is 2. The van der Waals surface area contributed by atoms with Crippen LogP contribution in [-0.2, 0) is 11.2 Å². The summed E-state index contributed by atoms with van der Waals surface area (Å²) in [5, 5.41) is 3.29. The third kappa shape index (κ3) is 4.96. The quantitative estimate of drug-likeness (QED) is 0.753. The van der Waals surface area contributed by atoms with Crippen molar-refractivity contribution in [3.63, 3.8) is 0 Å². The van der Waals surface area contributed by atoms with Gasteiger partial charge in [-0.05, 0) is 27.2 Å². The highest BCUT2D eigenvalue weighted by molar-refractivity contribution is 5.50. The molecule has 20 heavy (non-hydrogen) atoms. The molecule has 0 aromatic carbocycles. The van der Waals surface area contributed by atoms with Crippen LogP contribution in [0.1, 0.15) is 39.9 Å². The number of rotatable bonds is 9. The van der Waals surface area contributed by atoms with E-state index >= 15 is 0 Å². The largest absolute Gasteiger partial charge is 0.383 e. The number of nitrogens with one attached hydrogen (secondary N) is 1. The second-order valence-electron chi connectivity index (χ2n) is 5.09. The molecule has 0 radical (unpaired) electrons. The van der Waals surface area contributed by atoms with Gasteiger partial charge in [-0.25, -0.2) is 9.97 Å². The second-order valence-corrected chi connectivity index (χ2v) is 5.09. The van der Waals surface area contributed by atoms with Crippen molar-refractivity contribution in [3.8, 4) is 0 Å². The van der Waals surface area contributed by atoms with Crippen LogP contribution in [0.4, 0.5) is 11.6 Å². The molecule has 0 aliphatic carbocycles. The summed E-state index contributed by atoms with van der Waals surface area (Å²) in [4.78, 5) is 11.5. The minimum absolute atomic E-state index is 0.379. The average molecular weight is 280 g/mol. The Morgan fingerprint density at radius 2 is 2.05 bits per heavy atom. The van der Waals surface area contributed by atoms with Crippen LogP contribution < -0.4 is 10.2 Å². The van der Waals surface area contributed by atoms with Gasteiger partial charge in [0.05, 0.1) is 6.61 Å². The van der Waals surface area contributed by atoms with Crippen molar-refractivity contribution < 1.29 is 4.74 Å². The van der Waals surface area contributed by atoms with Gasteiger partial charge in [-0.15, -0.1) is 0 Å². The molecule has 0 aliphatic rings. The van der Waals surface area contributed by atoms with Crippen molar-refractivity contribution in [1.29, 1.82) is 0 Å². The zero-order valence-corrected chi connectivity index (χ0v) is 13.4. The van der Waals surface area contributed by atoms with Crippen molar-refractivity contribution in [3.05, 3.63) is 11.9 Å². The molecule has 0 bridgehead atoms. The van der Waals surface area contributed by atoms with E-state index in [1.165, 1.54) is 0 Å². The van der Waals surface area contributed by atoms with Crippen LogP contribution in [0.5, 0.6) is 0 Å². The topological polar surface area (TPSA) is 50.3 Å². The van der Waals surface area contributed by atoms with Gasteiger partial charge in [0.1, 0.15) is 17.5 Å². The van der Waals surface area contributed by atoms with Gasteiger partial charge in [-0.3, -0.25) is 0 Å². The molecule has 0 fully saturated rings. The summed E-state index contributed by atoms with van der Waals surface area (Å²) in [7, 11) is 1.73. The first-order valence-electron chi connectivity index (χ1n) is 7.49. The zero-order chi connectivity index (χ0) is 15.0. The molecule has 0 aliphatic heterocycles. The Bertz CT molecular complexity index is 371. The van der Waals surface area contributed by atoms with E-state index in [4.69, 9.17) is 9.72 Å². The summed E-state index contributed by atoms with van der Waals surface area (Å²) in [6, 6.07) is 2.40. The third-order valence-electron chi connectivity index (χ3n) is 3.04. The van der Waals surface area contributed by atoms with Gasteiger partial charge >= 0.3 is 0 Å². The Morgan fingerprint density at radius 1 is 1.30 bits per heavy atom. The molecule has 0 spiro atoms. The van der Waals surface area contributed by atoms with E-state index in [1.807, 2.05) is 6.07 Å². The van der Waals surface area contributed by atoms with Crippen LogP contribution in [0.2, 0.25) is 0 Å². The maximum atomic E-state index is 5.20. The highest BCUT2D eigenvalue weighted by Crippen LogP contribution is 2.19. The summed E-state index contributed by atoms with van der Waals surface area (Å²) >= 11 is 0. The van der Waals surface area contributed by atoms with E-state index in [9.17, 15) is 0 Å². The van der Waals surface area contributed by atoms with Crippen molar-refractivity contribution in [2.24, 2.45) is 0 Å². The van der Waals surface area contributed by atoms with Gasteiger partial charge in [0, 0.05) is 38.7 Å². The van der Waals surface area contributed by atoms with Gasteiger partial charge in [-0.1, -0.05) is 6.92 Å². The molecule has 1 aromatic heterocycles. The van der Waals surface area contributed by atoms with E-state index < -0.39 is 0 Å². The smallest absolute Gasteiger partial charge is 0.134 e. The molecular formula is C15H28N4O. The molecule has 1 heterocycles. The molecule has 114 valence electrons. The molecule has 0 unspecified atom stereocenters. The first-order valence-corrected chi connectivity index (χ1v) is 7.49. The number of aromatic nitrogens is 2. The monoisotopic (exact) mass is 280 g/mol. The molecule has 0 saturated heterocycles. The highest BCUT2D eigenvalue weighted by Gasteiger charge is 2.14. The first-order chi connectivity index (χ1) is 9.62. The Kier molecular flexibility index (Phi) is 7.30. The number of hydrogen-bond donors (Lipinski definition) is 1. The normalized spacial score (nSPS) is 10.9. The summed E-state index contributed by atoms with van der Waals surface area (Å²) in [6.07, 6.45) is 1.96. The molecular weight excluding hydrogens is 252 g/mol. The Morgan fingerprint density at radius 3 is 2.60 bits per heavy atom. The number of hydrogen-bond acceptors (Lipinski definition) is 5. The van der Waals surface area contributed by atoms with E-state index in [0.717, 1.165) is 43.4 Å². The van der Waals surface area contributed by atoms with Crippen molar-refractivity contribution in [1.82, 2.24) is 9.97 Å². The Balaban J connectivity index is 3.04. The van der Waals surface area contributed by atoms with Gasteiger partial charge in [-0.2, -0.15) is 0 Å². The number of methoxy groups -OCH3 is 1. The van der Waals surface area contributed by atoms with E-state index in [-0.39, 0.29) is 0 Å². The Hall–Kier alpha value is -1.36. The molecule has 1 aromatic rings. The van der Waals surface area contributed by atoms with E-state index in [1.54, 1.807) is 7.11 Å². The van der Waals surface area contributed by atoms with Crippen LogP contribution in [-0.4, -0.2) is 42.8 Å². The van der Waals surface area contributed by atoms with E-state index in [2.05, 4.69) is 42.9 Å². The number of aryl methyl sites for hydroxylation is 1. The van der Waals surface area contributed by atoms with Gasteiger partial charge in [0.2, 0.25) is 0 Å². The average Bonchev–Trinajstić information content (AvgIpc) is 2.39. The fourth-order valence-corrected chi connectivity index (χ4v) is 2.06. The standard InChI is InChI=1S/C15H28N4O/c1-6-8-13-17-14(16-7-2)11-15(18-13)19(12(3)4)9-10-20-5/h11-12H,6-10H2,1-5H3,(H,16,17,18). The maximum Gasteiger partial charge on any atom is 0.134 e. The fraction of sp³-hybridized carbons (Fsp3) is 0.733. The summed E-state index contributed by atoms with van der Waals surface area (Å²) in [6.45, 7) is 11.0. The second kappa shape index (κ2) is 8.74. The van der Waals surface area contributed by atoms with E-state index in [0.29, 0.717) is 12.6 Å². The first kappa shape index (κ1) is 16.7. The van der Waals surface area contributed by atoms with Gasteiger partial charge in [0.25, 0.3) is 0 Å². The van der Waals surface area contributed by atoms with Crippen molar-refractivity contribution >= 4 is 11.6 Å². The molecule has 1 N–H and O–H groups in total. The molecule has 0 atom stereocenters. The predicted octanol–water partition coefficient (Wildman–Crippen LogP) is 2.72. The summed E-state index contributed by atoms with van der Waals surface area (Å²) in [5.41, 5.74) is 0. The van der Waals surface area contributed by atoms with Crippen molar-refractivity contribution in [2.75, 3.05) is 37.0 Å². The lowest BCUT2D eigenvalue weighted by molar-refractivity contribution is 0.203. The lowest BCUT2D eigenvalue weighted by Gasteiger charge is -2.28. The number of nitrogens with zero attached hydrogens (tertiary/aromatic N) is 3. The maximum absolute atomic E-state index is 5.20. The van der Waals surface area contributed by atoms with Crippen LogP contribution in [0.15, 0.2) is 6.07 Å². The van der Waals surface area contributed by atoms with Crippen LogP contribution in [0.3, 0.4) is 0 Å². The molecule has 1 rings (SSSR count). The lowest BCUT2D eigenvalue weighted by atomic mass is 10.3.